The first-order valence-electron chi connectivity index (χ1n) is 7.55. The van der Waals surface area contributed by atoms with Crippen molar-refractivity contribution in [3.8, 4) is 0 Å². The van der Waals surface area contributed by atoms with Crippen LogP contribution in [0, 0.1) is 11.3 Å². The van der Waals surface area contributed by atoms with Crippen LogP contribution in [0.25, 0.3) is 0 Å². The molecule has 0 spiro atoms. The molecule has 0 heterocycles. The SMILES string of the molecule is CC1=C(Br)C(C)(C)[C@H](C(=O)N[C@H](C)c2ccccc2)CC1. The third-order valence-corrected chi connectivity index (χ3v) is 6.29. The molecule has 21 heavy (non-hydrogen) atoms. The minimum atomic E-state index is -0.136. The van der Waals surface area contributed by atoms with Gasteiger partial charge >= 0.3 is 0 Å². The number of halogens is 1. The van der Waals surface area contributed by atoms with Gasteiger partial charge in [0, 0.05) is 15.8 Å². The molecule has 0 aromatic heterocycles. The molecule has 0 aliphatic heterocycles. The largest absolute Gasteiger partial charge is 0.349 e. The van der Waals surface area contributed by atoms with Gasteiger partial charge in [-0.1, -0.05) is 65.7 Å². The molecule has 0 unspecified atom stereocenters. The molecule has 0 radical (unpaired) electrons. The number of allylic oxidation sites excluding steroid dienone is 2. The van der Waals surface area contributed by atoms with E-state index in [1.54, 1.807) is 0 Å². The average molecular weight is 350 g/mol. The molecule has 114 valence electrons. The zero-order chi connectivity index (χ0) is 15.6. The van der Waals surface area contributed by atoms with Crippen molar-refractivity contribution < 1.29 is 4.79 Å². The topological polar surface area (TPSA) is 29.1 Å². The Morgan fingerprint density at radius 3 is 2.57 bits per heavy atom. The maximum atomic E-state index is 12.7. The van der Waals surface area contributed by atoms with Gasteiger partial charge < -0.3 is 5.32 Å². The first kappa shape index (κ1) is 16.3. The zero-order valence-corrected chi connectivity index (χ0v) is 14.8. The van der Waals surface area contributed by atoms with Crippen molar-refractivity contribution in [1.82, 2.24) is 5.32 Å². The lowest BCUT2D eigenvalue weighted by molar-refractivity contribution is -0.128. The molecule has 1 N–H and O–H groups in total. The van der Waals surface area contributed by atoms with Crippen LogP contribution in [0.2, 0.25) is 0 Å². The molecule has 0 fully saturated rings. The van der Waals surface area contributed by atoms with E-state index in [-0.39, 0.29) is 23.3 Å². The fourth-order valence-electron chi connectivity index (χ4n) is 3.13. The Morgan fingerprint density at radius 1 is 1.33 bits per heavy atom. The summed E-state index contributed by atoms with van der Waals surface area (Å²) < 4.78 is 1.19. The second-order valence-corrected chi connectivity index (χ2v) is 7.34. The molecule has 3 heteroatoms. The lowest BCUT2D eigenvalue weighted by atomic mass is 9.70. The third-order valence-electron chi connectivity index (χ3n) is 4.59. The summed E-state index contributed by atoms with van der Waals surface area (Å²) in [7, 11) is 0. The lowest BCUT2D eigenvalue weighted by Crippen LogP contribution is -2.42. The molecule has 1 amide bonds. The first-order valence-corrected chi connectivity index (χ1v) is 8.34. The van der Waals surface area contributed by atoms with Crippen molar-refractivity contribution in [2.45, 2.75) is 46.6 Å². The van der Waals surface area contributed by atoms with Gasteiger partial charge in [0.2, 0.25) is 5.91 Å². The summed E-state index contributed by atoms with van der Waals surface area (Å²) in [6, 6.07) is 10.2. The highest BCUT2D eigenvalue weighted by molar-refractivity contribution is 9.11. The van der Waals surface area contributed by atoms with Crippen LogP contribution in [0.15, 0.2) is 40.4 Å². The van der Waals surface area contributed by atoms with Crippen LogP contribution < -0.4 is 5.32 Å². The van der Waals surface area contributed by atoms with E-state index < -0.39 is 0 Å². The highest BCUT2D eigenvalue weighted by atomic mass is 79.9. The highest BCUT2D eigenvalue weighted by Gasteiger charge is 2.40. The lowest BCUT2D eigenvalue weighted by Gasteiger charge is -2.39. The van der Waals surface area contributed by atoms with E-state index in [0.29, 0.717) is 0 Å². The summed E-state index contributed by atoms with van der Waals surface area (Å²) >= 11 is 3.69. The van der Waals surface area contributed by atoms with Gasteiger partial charge in [0.05, 0.1) is 6.04 Å². The number of amides is 1. The molecule has 0 bridgehead atoms. The smallest absolute Gasteiger partial charge is 0.224 e. The predicted molar refractivity (Wildman–Crippen MR) is 91.1 cm³/mol. The molecule has 0 saturated heterocycles. The second-order valence-electron chi connectivity index (χ2n) is 6.55. The summed E-state index contributed by atoms with van der Waals surface area (Å²) in [5.41, 5.74) is 2.37. The van der Waals surface area contributed by atoms with E-state index >= 15 is 0 Å². The molecule has 1 aliphatic rings. The number of carbonyl (C=O) groups is 1. The number of nitrogens with one attached hydrogen (secondary N) is 1. The van der Waals surface area contributed by atoms with Crippen LogP contribution in [-0.2, 0) is 4.79 Å². The molecule has 1 aliphatic carbocycles. The third kappa shape index (κ3) is 3.39. The van der Waals surface area contributed by atoms with Gasteiger partial charge in [-0.3, -0.25) is 4.79 Å². The normalized spacial score (nSPS) is 22.8. The Kier molecular flexibility index (Phi) is 4.92. The Hall–Kier alpha value is -1.09. The molecule has 2 rings (SSSR count). The Balaban J connectivity index is 2.11. The van der Waals surface area contributed by atoms with Crippen LogP contribution >= 0.6 is 15.9 Å². The highest BCUT2D eigenvalue weighted by Crippen LogP contribution is 2.47. The maximum Gasteiger partial charge on any atom is 0.224 e. The van der Waals surface area contributed by atoms with Gasteiger partial charge in [-0.05, 0) is 32.3 Å². The number of carbonyl (C=O) groups excluding carboxylic acids is 1. The van der Waals surface area contributed by atoms with Crippen LogP contribution in [-0.4, -0.2) is 5.91 Å². The molecular formula is C18H24BrNO. The number of hydrogen-bond donors (Lipinski definition) is 1. The van der Waals surface area contributed by atoms with Crippen LogP contribution in [0.4, 0.5) is 0 Å². The van der Waals surface area contributed by atoms with Crippen molar-refractivity contribution in [3.05, 3.63) is 46.0 Å². The number of rotatable bonds is 3. The van der Waals surface area contributed by atoms with E-state index in [1.165, 1.54) is 10.1 Å². The quantitative estimate of drug-likeness (QED) is 0.819. The van der Waals surface area contributed by atoms with Crippen molar-refractivity contribution in [1.29, 1.82) is 0 Å². The van der Waals surface area contributed by atoms with Crippen molar-refractivity contribution in [3.63, 3.8) is 0 Å². The molecule has 2 atom stereocenters. The van der Waals surface area contributed by atoms with Crippen molar-refractivity contribution in [2.24, 2.45) is 11.3 Å². The van der Waals surface area contributed by atoms with Gasteiger partial charge in [-0.2, -0.15) is 0 Å². The molecular weight excluding hydrogens is 326 g/mol. The van der Waals surface area contributed by atoms with E-state index in [2.05, 4.69) is 54.2 Å². The molecule has 1 aromatic carbocycles. The number of hydrogen-bond acceptors (Lipinski definition) is 1. The van der Waals surface area contributed by atoms with E-state index in [1.807, 2.05) is 25.1 Å². The number of benzene rings is 1. The first-order chi connectivity index (χ1) is 9.84. The molecule has 1 aromatic rings. The van der Waals surface area contributed by atoms with Crippen LogP contribution in [0.3, 0.4) is 0 Å². The summed E-state index contributed by atoms with van der Waals surface area (Å²) in [6.45, 7) is 8.49. The molecule has 0 saturated carbocycles. The fourth-order valence-corrected chi connectivity index (χ4v) is 3.61. The summed E-state index contributed by atoms with van der Waals surface area (Å²) in [5, 5.41) is 3.17. The summed E-state index contributed by atoms with van der Waals surface area (Å²) in [6.07, 6.45) is 1.91. The van der Waals surface area contributed by atoms with Gasteiger partial charge in [-0.25, -0.2) is 0 Å². The Labute approximate surface area is 136 Å². The average Bonchev–Trinajstić information content (AvgIpc) is 2.45. The van der Waals surface area contributed by atoms with Crippen LogP contribution in [0.5, 0.6) is 0 Å². The monoisotopic (exact) mass is 349 g/mol. The van der Waals surface area contributed by atoms with Gasteiger partial charge in [0.25, 0.3) is 0 Å². The van der Waals surface area contributed by atoms with E-state index in [4.69, 9.17) is 0 Å². The minimum absolute atomic E-state index is 0.0155. The molecule has 2 nitrogen and oxygen atoms in total. The van der Waals surface area contributed by atoms with E-state index in [9.17, 15) is 4.79 Å². The predicted octanol–water partition coefficient (Wildman–Crippen LogP) is 4.97. The van der Waals surface area contributed by atoms with Gasteiger partial charge in [-0.15, -0.1) is 0 Å². The summed E-state index contributed by atoms with van der Waals surface area (Å²) in [4.78, 5) is 12.7. The second kappa shape index (κ2) is 6.35. The minimum Gasteiger partial charge on any atom is -0.349 e. The van der Waals surface area contributed by atoms with Crippen molar-refractivity contribution in [2.75, 3.05) is 0 Å². The zero-order valence-electron chi connectivity index (χ0n) is 13.2. The Bertz CT molecular complexity index is 548. The standard InChI is InChI=1S/C18H24BrNO/c1-12-10-11-15(18(3,4)16(12)19)17(21)20-13(2)14-8-6-5-7-9-14/h5-9,13,15H,10-11H2,1-4H3,(H,20,21)/t13-,15+/m1/s1. The fraction of sp³-hybridized carbons (Fsp3) is 0.500. The van der Waals surface area contributed by atoms with E-state index in [0.717, 1.165) is 18.4 Å². The van der Waals surface area contributed by atoms with Crippen LogP contribution in [0.1, 0.15) is 52.1 Å². The van der Waals surface area contributed by atoms with Gasteiger partial charge in [0.1, 0.15) is 0 Å². The summed E-state index contributed by atoms with van der Waals surface area (Å²) in [5.74, 6) is 0.169. The van der Waals surface area contributed by atoms with Gasteiger partial charge in [0.15, 0.2) is 0 Å². The Morgan fingerprint density at radius 2 is 1.95 bits per heavy atom. The van der Waals surface area contributed by atoms with Crippen molar-refractivity contribution >= 4 is 21.8 Å². The maximum absolute atomic E-state index is 12.7.